The minimum atomic E-state index is -2.33. The van der Waals surface area contributed by atoms with Gasteiger partial charge < -0.3 is 0 Å². The number of rotatable bonds is 12. The van der Waals surface area contributed by atoms with E-state index in [9.17, 15) is 0 Å². The van der Waals surface area contributed by atoms with Crippen LogP contribution in [0.25, 0.3) is 0 Å². The third-order valence-electron chi connectivity index (χ3n) is 4.64. The van der Waals surface area contributed by atoms with Crippen LogP contribution >= 0.6 is 0 Å². The van der Waals surface area contributed by atoms with Gasteiger partial charge in [-0.15, -0.1) is 0 Å². The summed E-state index contributed by atoms with van der Waals surface area (Å²) in [6, 6.07) is 2.38. The van der Waals surface area contributed by atoms with Crippen LogP contribution in [-0.4, -0.2) is 24.9 Å². The van der Waals surface area contributed by atoms with Gasteiger partial charge in [0.15, 0.2) is 0 Å². The Morgan fingerprint density at radius 3 is 1.90 bits per heavy atom. The monoisotopic (exact) mass is 401 g/mol. The van der Waals surface area contributed by atoms with Crippen molar-refractivity contribution < 1.29 is 4.42 Å². The van der Waals surface area contributed by atoms with Gasteiger partial charge in [0.2, 0.25) is 0 Å². The fourth-order valence-corrected chi connectivity index (χ4v) is 18.6. The van der Waals surface area contributed by atoms with Crippen molar-refractivity contribution in [1.29, 1.82) is 0 Å². The van der Waals surface area contributed by atoms with E-state index in [2.05, 4.69) is 26.8 Å². The summed E-state index contributed by atoms with van der Waals surface area (Å²) in [6.07, 6.45) is 11.0. The van der Waals surface area contributed by atoms with Crippen molar-refractivity contribution in [3.8, 4) is 0 Å². The molecule has 0 amide bonds. The van der Waals surface area contributed by atoms with E-state index in [1.165, 1.54) is 61.2 Å². The maximum absolute atomic E-state index is 6.11. The summed E-state index contributed by atoms with van der Waals surface area (Å²) in [5, 5.41) is 0. The van der Waals surface area contributed by atoms with E-state index in [1.54, 1.807) is 0 Å². The standard InChI is InChI=1S/C6H8NO.3C4H9.Sn/c7-3-1-6-2-4-8-5-6;3*1-3-4-2;/h2,5H,1,3,7H2;3*1,3-4H2,2H3;. The van der Waals surface area contributed by atoms with Gasteiger partial charge in [-0.25, -0.2) is 0 Å². The number of hydrogen-bond acceptors (Lipinski definition) is 2. The van der Waals surface area contributed by atoms with Crippen LogP contribution < -0.4 is 9.51 Å². The van der Waals surface area contributed by atoms with Crippen molar-refractivity contribution in [3.05, 3.63) is 17.9 Å². The Kier molecular flexibility index (Phi) is 9.74. The van der Waals surface area contributed by atoms with Gasteiger partial charge >= 0.3 is 136 Å². The molecule has 0 saturated heterocycles. The molecule has 0 radical (unpaired) electrons. The van der Waals surface area contributed by atoms with E-state index in [0.29, 0.717) is 0 Å². The van der Waals surface area contributed by atoms with Gasteiger partial charge in [-0.1, -0.05) is 0 Å². The van der Waals surface area contributed by atoms with Crippen LogP contribution in [0.15, 0.2) is 16.7 Å². The molecular formula is C18H35NOSn. The molecule has 0 fully saturated rings. The summed E-state index contributed by atoms with van der Waals surface area (Å²) < 4.78 is 12.0. The molecule has 1 heterocycles. The average molecular weight is 400 g/mol. The molecule has 1 aromatic rings. The predicted molar refractivity (Wildman–Crippen MR) is 96.0 cm³/mol. The van der Waals surface area contributed by atoms with E-state index >= 15 is 0 Å². The van der Waals surface area contributed by atoms with Gasteiger partial charge in [-0.05, 0) is 0 Å². The molecule has 2 N–H and O–H groups in total. The molecule has 0 aliphatic rings. The van der Waals surface area contributed by atoms with Crippen LogP contribution in [0.2, 0.25) is 13.3 Å². The Balaban J connectivity index is 2.97. The van der Waals surface area contributed by atoms with Gasteiger partial charge in [-0.3, -0.25) is 0 Å². The predicted octanol–water partition coefficient (Wildman–Crippen LogP) is 4.84. The summed E-state index contributed by atoms with van der Waals surface area (Å²) >= 11 is -2.33. The van der Waals surface area contributed by atoms with Crippen LogP contribution in [-0.2, 0) is 6.42 Å². The third kappa shape index (κ3) is 5.97. The summed E-state index contributed by atoms with van der Waals surface area (Å²) in [5.74, 6) is 0. The Morgan fingerprint density at radius 1 is 0.952 bits per heavy atom. The van der Waals surface area contributed by atoms with Gasteiger partial charge in [0, 0.05) is 0 Å². The molecule has 3 heteroatoms. The summed E-state index contributed by atoms with van der Waals surface area (Å²) in [7, 11) is 0. The average Bonchev–Trinajstić information content (AvgIpc) is 2.96. The zero-order valence-electron chi connectivity index (χ0n) is 14.4. The molecule has 0 saturated carbocycles. The second-order valence-corrected chi connectivity index (χ2v) is 19.4. The molecule has 122 valence electrons. The van der Waals surface area contributed by atoms with Crippen molar-refractivity contribution in [3.63, 3.8) is 0 Å². The number of nitrogens with two attached hydrogens (primary N) is 1. The van der Waals surface area contributed by atoms with E-state index in [-0.39, 0.29) is 0 Å². The number of hydrogen-bond donors (Lipinski definition) is 1. The molecule has 0 aromatic carbocycles. The molecule has 21 heavy (non-hydrogen) atoms. The first kappa shape index (κ1) is 19.1. The zero-order chi connectivity index (χ0) is 15.6. The number of furan rings is 1. The molecule has 0 bridgehead atoms. The molecule has 1 aromatic heterocycles. The van der Waals surface area contributed by atoms with Crippen molar-refractivity contribution in [2.75, 3.05) is 6.54 Å². The first-order valence-electron chi connectivity index (χ1n) is 9.00. The first-order chi connectivity index (χ1) is 10.2. The molecule has 0 aliphatic carbocycles. The Hall–Kier alpha value is 0.0387. The van der Waals surface area contributed by atoms with Crippen molar-refractivity contribution >= 4 is 22.2 Å². The second-order valence-electron chi connectivity index (χ2n) is 6.45. The van der Waals surface area contributed by atoms with Gasteiger partial charge in [-0.2, -0.15) is 0 Å². The maximum atomic E-state index is 6.11. The molecular weight excluding hydrogens is 365 g/mol. The Bertz CT molecular complexity index is 353. The Morgan fingerprint density at radius 2 is 1.48 bits per heavy atom. The van der Waals surface area contributed by atoms with Crippen LogP contribution in [0, 0.1) is 0 Å². The van der Waals surface area contributed by atoms with Crippen molar-refractivity contribution in [2.45, 2.75) is 79.0 Å². The molecule has 0 aliphatic heterocycles. The van der Waals surface area contributed by atoms with E-state index in [0.717, 1.165) is 13.0 Å². The van der Waals surface area contributed by atoms with Crippen LogP contribution in [0.4, 0.5) is 0 Å². The van der Waals surface area contributed by atoms with E-state index in [4.69, 9.17) is 10.2 Å². The molecule has 1 rings (SSSR count). The SMILES string of the molecule is CCC[CH2][Sn]([CH2]CCC)([CH2]CCC)[c]1cc(CCN)co1. The zero-order valence-corrected chi connectivity index (χ0v) is 17.3. The topological polar surface area (TPSA) is 39.2 Å². The third-order valence-corrected chi connectivity index (χ3v) is 19.6. The quantitative estimate of drug-likeness (QED) is 0.511. The molecule has 0 unspecified atom stereocenters. The van der Waals surface area contributed by atoms with E-state index < -0.39 is 18.4 Å². The second kappa shape index (κ2) is 10.7. The Labute approximate surface area is 135 Å². The van der Waals surface area contributed by atoms with E-state index in [1.807, 2.05) is 6.26 Å². The van der Waals surface area contributed by atoms with Crippen molar-refractivity contribution in [2.24, 2.45) is 5.73 Å². The summed E-state index contributed by atoms with van der Waals surface area (Å²) in [4.78, 5) is 0. The molecule has 0 atom stereocenters. The van der Waals surface area contributed by atoms with Crippen LogP contribution in [0.1, 0.15) is 64.9 Å². The molecule has 0 spiro atoms. The first-order valence-corrected chi connectivity index (χ1v) is 16.5. The van der Waals surface area contributed by atoms with Gasteiger partial charge in [0.25, 0.3) is 0 Å². The fourth-order valence-electron chi connectivity index (χ4n) is 3.24. The number of unbranched alkanes of at least 4 members (excludes halogenated alkanes) is 3. The van der Waals surface area contributed by atoms with Gasteiger partial charge in [0.1, 0.15) is 0 Å². The normalized spacial score (nSPS) is 12.0. The van der Waals surface area contributed by atoms with Crippen LogP contribution in [0.5, 0.6) is 0 Å². The molecule has 2 nitrogen and oxygen atoms in total. The summed E-state index contributed by atoms with van der Waals surface area (Å²) in [5.41, 5.74) is 7.01. The van der Waals surface area contributed by atoms with Crippen molar-refractivity contribution in [1.82, 2.24) is 0 Å². The van der Waals surface area contributed by atoms with Crippen LogP contribution in [0.3, 0.4) is 0 Å². The fraction of sp³-hybridized carbons (Fsp3) is 0.778. The minimum absolute atomic E-state index is 0.723. The van der Waals surface area contributed by atoms with Gasteiger partial charge in [0.05, 0.1) is 0 Å². The summed E-state index contributed by atoms with van der Waals surface area (Å²) in [6.45, 7) is 7.68.